The van der Waals surface area contributed by atoms with E-state index in [0.29, 0.717) is 51.7 Å². The van der Waals surface area contributed by atoms with Crippen molar-refractivity contribution >= 4 is 11.9 Å². The Balaban J connectivity index is 1.16. The number of hydrogen-bond acceptors (Lipinski definition) is 5. The van der Waals surface area contributed by atoms with Crippen LogP contribution in [-0.4, -0.2) is 61.9 Å². The summed E-state index contributed by atoms with van der Waals surface area (Å²) >= 11 is 0. The molecule has 0 spiro atoms. The second kappa shape index (κ2) is 8.01. The normalized spacial score (nSPS) is 26.8. The van der Waals surface area contributed by atoms with Gasteiger partial charge in [0.15, 0.2) is 0 Å². The van der Waals surface area contributed by atoms with Crippen LogP contribution >= 0.6 is 0 Å². The van der Waals surface area contributed by atoms with Gasteiger partial charge in [-0.15, -0.1) is 0 Å². The van der Waals surface area contributed by atoms with Gasteiger partial charge in [0.2, 0.25) is 0 Å². The van der Waals surface area contributed by atoms with Crippen molar-refractivity contribution < 1.29 is 23.8 Å². The van der Waals surface area contributed by atoms with Crippen molar-refractivity contribution in [3.63, 3.8) is 0 Å². The molecule has 0 saturated carbocycles. The van der Waals surface area contributed by atoms with E-state index in [2.05, 4.69) is 24.3 Å². The molecule has 2 aromatic rings. The van der Waals surface area contributed by atoms with E-state index in [1.807, 2.05) is 29.2 Å². The number of hydrogen-bond donors (Lipinski definition) is 0. The Morgan fingerprint density at radius 2 is 1.38 bits per heavy atom. The quantitative estimate of drug-likeness (QED) is 0.737. The van der Waals surface area contributed by atoms with E-state index in [1.54, 1.807) is 0 Å². The number of rotatable bonds is 4. The Labute approximate surface area is 187 Å². The van der Waals surface area contributed by atoms with Crippen LogP contribution in [0.2, 0.25) is 0 Å². The van der Waals surface area contributed by atoms with E-state index in [4.69, 9.17) is 14.2 Å². The van der Waals surface area contributed by atoms with Crippen molar-refractivity contribution in [2.75, 3.05) is 33.0 Å². The van der Waals surface area contributed by atoms with Gasteiger partial charge in [-0.2, -0.15) is 0 Å². The van der Waals surface area contributed by atoms with Crippen LogP contribution in [0.15, 0.2) is 48.5 Å². The van der Waals surface area contributed by atoms with Gasteiger partial charge in [0, 0.05) is 11.8 Å². The molecular weight excluding hydrogens is 406 g/mol. The second-order valence-corrected chi connectivity index (χ2v) is 9.36. The van der Waals surface area contributed by atoms with Crippen LogP contribution in [0.1, 0.15) is 29.9 Å². The molecule has 6 rings (SSSR count). The zero-order valence-corrected chi connectivity index (χ0v) is 17.9. The summed E-state index contributed by atoms with van der Waals surface area (Å²) in [6, 6.07) is 16.5. The highest BCUT2D eigenvalue weighted by molar-refractivity contribution is 5.85. The minimum absolute atomic E-state index is 0.0135. The Hall–Kier alpha value is -2.70. The molecule has 166 valence electrons. The van der Waals surface area contributed by atoms with Gasteiger partial charge in [0.05, 0.1) is 44.4 Å². The van der Waals surface area contributed by atoms with Crippen LogP contribution in [0.25, 0.3) is 11.1 Å². The summed E-state index contributed by atoms with van der Waals surface area (Å²) in [6.07, 6.45) is 1.01. The molecule has 2 aromatic carbocycles. The van der Waals surface area contributed by atoms with Crippen LogP contribution in [0.4, 0.5) is 4.79 Å². The molecule has 2 atom stereocenters. The first kappa shape index (κ1) is 19.9. The third-order valence-corrected chi connectivity index (χ3v) is 7.51. The number of fused-ring (bicyclic) bond motifs is 5. The summed E-state index contributed by atoms with van der Waals surface area (Å²) < 4.78 is 16.8. The van der Waals surface area contributed by atoms with Gasteiger partial charge < -0.3 is 14.2 Å². The highest BCUT2D eigenvalue weighted by Crippen LogP contribution is 2.44. The lowest BCUT2D eigenvalue weighted by atomic mass is 9.78. The van der Waals surface area contributed by atoms with E-state index in [-0.39, 0.29) is 35.9 Å². The molecule has 3 fully saturated rings. The number of piperidine rings is 1. The summed E-state index contributed by atoms with van der Waals surface area (Å²) in [5.41, 5.74) is 4.84. The van der Waals surface area contributed by atoms with Crippen molar-refractivity contribution in [3.05, 3.63) is 59.7 Å². The van der Waals surface area contributed by atoms with Crippen LogP contribution in [0.3, 0.4) is 0 Å². The molecule has 1 aliphatic carbocycles. The number of ketones is 1. The minimum atomic E-state index is -0.289. The summed E-state index contributed by atoms with van der Waals surface area (Å²) in [6.45, 7) is 2.32. The van der Waals surface area contributed by atoms with Crippen LogP contribution in [0.5, 0.6) is 0 Å². The van der Waals surface area contributed by atoms with Crippen LogP contribution in [0, 0.1) is 11.8 Å². The van der Waals surface area contributed by atoms with Crippen molar-refractivity contribution in [3.8, 4) is 11.1 Å². The zero-order chi connectivity index (χ0) is 21.7. The molecule has 2 bridgehead atoms. The average molecular weight is 434 g/mol. The zero-order valence-electron chi connectivity index (χ0n) is 17.9. The Bertz CT molecular complexity index is 989. The highest BCUT2D eigenvalue weighted by Gasteiger charge is 2.46. The standard InChI is InChI=1S/C26H27NO5/c28-25(17-11-30-12-17)16-9-18-13-31-14-19(10-16)27(18)26(29)32-15-24-22-7-3-1-5-20(22)21-6-2-4-8-23(21)24/h1-8,16-19,24H,9-15H2. The number of benzene rings is 2. The smallest absolute Gasteiger partial charge is 0.410 e. The van der Waals surface area contributed by atoms with Crippen molar-refractivity contribution in [1.29, 1.82) is 0 Å². The molecule has 0 aromatic heterocycles. The molecule has 4 aliphatic rings. The van der Waals surface area contributed by atoms with Gasteiger partial charge in [-0.25, -0.2) is 4.79 Å². The first-order chi connectivity index (χ1) is 15.7. The summed E-state index contributed by atoms with van der Waals surface area (Å²) in [5, 5.41) is 0. The Morgan fingerprint density at radius 3 is 1.94 bits per heavy atom. The third-order valence-electron chi connectivity index (χ3n) is 7.51. The number of Topliss-reactive ketones (excluding diaryl/α,β-unsaturated/α-hetero) is 1. The van der Waals surface area contributed by atoms with E-state index in [1.165, 1.54) is 22.3 Å². The fourth-order valence-electron chi connectivity index (χ4n) is 5.85. The predicted octanol–water partition coefficient (Wildman–Crippen LogP) is 3.63. The van der Waals surface area contributed by atoms with Crippen molar-refractivity contribution in [2.45, 2.75) is 30.8 Å². The van der Waals surface area contributed by atoms with Crippen LogP contribution < -0.4 is 0 Å². The Morgan fingerprint density at radius 1 is 0.812 bits per heavy atom. The molecule has 0 radical (unpaired) electrons. The summed E-state index contributed by atoms with van der Waals surface area (Å²) in [7, 11) is 0. The molecule has 1 amide bonds. The third kappa shape index (κ3) is 3.24. The summed E-state index contributed by atoms with van der Waals surface area (Å²) in [4.78, 5) is 27.8. The first-order valence-corrected chi connectivity index (χ1v) is 11.5. The lowest BCUT2D eigenvalue weighted by Gasteiger charge is -2.48. The average Bonchev–Trinajstić information content (AvgIpc) is 3.09. The van der Waals surface area contributed by atoms with E-state index in [0.717, 1.165) is 0 Å². The van der Waals surface area contributed by atoms with E-state index in [9.17, 15) is 9.59 Å². The monoisotopic (exact) mass is 433 g/mol. The minimum Gasteiger partial charge on any atom is -0.448 e. The predicted molar refractivity (Wildman–Crippen MR) is 117 cm³/mol. The van der Waals surface area contributed by atoms with Gasteiger partial charge in [0.25, 0.3) is 0 Å². The molecule has 3 saturated heterocycles. The lowest BCUT2D eigenvalue weighted by Crippen LogP contribution is -2.60. The maximum Gasteiger partial charge on any atom is 0.410 e. The Kier molecular flexibility index (Phi) is 5.00. The SMILES string of the molecule is O=C(C1COC1)C1CC2COCC(C1)N2C(=O)OCC1c2ccccc2-c2ccccc21. The van der Waals surface area contributed by atoms with Crippen molar-refractivity contribution in [1.82, 2.24) is 4.90 Å². The summed E-state index contributed by atoms with van der Waals surface area (Å²) in [5.74, 6) is 0.351. The number of nitrogens with zero attached hydrogens (tertiary/aromatic N) is 1. The molecule has 32 heavy (non-hydrogen) atoms. The molecular formula is C26H27NO5. The number of carbonyl (C=O) groups excluding carboxylic acids is 2. The maximum absolute atomic E-state index is 13.2. The number of ether oxygens (including phenoxy) is 3. The topological polar surface area (TPSA) is 65.1 Å². The second-order valence-electron chi connectivity index (χ2n) is 9.36. The fraction of sp³-hybridized carbons (Fsp3) is 0.462. The fourth-order valence-corrected chi connectivity index (χ4v) is 5.85. The van der Waals surface area contributed by atoms with Crippen LogP contribution in [-0.2, 0) is 19.0 Å². The molecule has 3 aliphatic heterocycles. The maximum atomic E-state index is 13.2. The number of amides is 1. The molecule has 2 unspecified atom stereocenters. The van der Waals surface area contributed by atoms with Crippen molar-refractivity contribution in [2.24, 2.45) is 11.8 Å². The highest BCUT2D eigenvalue weighted by atomic mass is 16.6. The number of morpholine rings is 1. The first-order valence-electron chi connectivity index (χ1n) is 11.5. The van der Waals surface area contributed by atoms with Gasteiger partial charge in [0.1, 0.15) is 12.4 Å². The molecule has 3 heterocycles. The van der Waals surface area contributed by atoms with E-state index >= 15 is 0 Å². The number of carbonyl (C=O) groups is 2. The van der Waals surface area contributed by atoms with E-state index < -0.39 is 0 Å². The molecule has 6 nitrogen and oxygen atoms in total. The van der Waals surface area contributed by atoms with Gasteiger partial charge >= 0.3 is 6.09 Å². The van der Waals surface area contributed by atoms with Gasteiger partial charge in [-0.05, 0) is 35.1 Å². The molecule has 6 heteroatoms. The largest absolute Gasteiger partial charge is 0.448 e. The van der Waals surface area contributed by atoms with Gasteiger partial charge in [-0.3, -0.25) is 9.69 Å². The van der Waals surface area contributed by atoms with Gasteiger partial charge in [-0.1, -0.05) is 48.5 Å². The molecule has 0 N–H and O–H groups in total. The lowest BCUT2D eigenvalue weighted by molar-refractivity contribution is -0.147.